The topological polar surface area (TPSA) is 36.1 Å². The first-order valence-corrected chi connectivity index (χ1v) is 4.54. The van der Waals surface area contributed by atoms with Gasteiger partial charge in [-0.3, -0.25) is 0 Å². The molecule has 1 fully saturated rings. The summed E-state index contributed by atoms with van der Waals surface area (Å²) in [4.78, 5) is 0. The van der Waals surface area contributed by atoms with Crippen LogP contribution in [0.4, 0.5) is 0 Å². The number of hydrogen-bond donors (Lipinski definition) is 3. The summed E-state index contributed by atoms with van der Waals surface area (Å²) in [7, 11) is 0. The molecule has 1 atom stereocenters. The molecule has 1 rings (SSSR count). The average molecular weight is 157 g/mol. The van der Waals surface area contributed by atoms with E-state index in [0.717, 1.165) is 32.7 Å². The first-order chi connectivity index (χ1) is 5.39. The Hall–Kier alpha value is -0.120. The van der Waals surface area contributed by atoms with Gasteiger partial charge < -0.3 is 16.0 Å². The molecule has 1 aliphatic rings. The number of rotatable bonds is 0. The van der Waals surface area contributed by atoms with Crippen molar-refractivity contribution in [1.29, 1.82) is 0 Å². The van der Waals surface area contributed by atoms with E-state index in [-0.39, 0.29) is 0 Å². The molecule has 1 heterocycles. The quantitative estimate of drug-likeness (QED) is 0.445. The highest BCUT2D eigenvalue weighted by atomic mass is 15.0. The summed E-state index contributed by atoms with van der Waals surface area (Å²) in [6.07, 6.45) is 1.24. The van der Waals surface area contributed by atoms with E-state index < -0.39 is 0 Å². The molecule has 0 amide bonds. The molecule has 3 N–H and O–H groups in total. The van der Waals surface area contributed by atoms with E-state index in [4.69, 9.17) is 0 Å². The highest BCUT2D eigenvalue weighted by Crippen LogP contribution is 1.87. The summed E-state index contributed by atoms with van der Waals surface area (Å²) >= 11 is 0. The Kier molecular flexibility index (Phi) is 4.50. The third-order valence-electron chi connectivity index (χ3n) is 2.03. The van der Waals surface area contributed by atoms with Gasteiger partial charge in [0.2, 0.25) is 0 Å². The Bertz CT molecular complexity index is 85.3. The molecule has 0 aromatic heterocycles. The minimum Gasteiger partial charge on any atom is -0.315 e. The van der Waals surface area contributed by atoms with E-state index in [0.29, 0.717) is 6.04 Å². The fourth-order valence-corrected chi connectivity index (χ4v) is 1.25. The van der Waals surface area contributed by atoms with Gasteiger partial charge in [0.05, 0.1) is 0 Å². The smallest absolute Gasteiger partial charge is 0.00792 e. The van der Waals surface area contributed by atoms with Crippen LogP contribution < -0.4 is 16.0 Å². The van der Waals surface area contributed by atoms with E-state index in [1.54, 1.807) is 0 Å². The molecule has 0 aromatic carbocycles. The van der Waals surface area contributed by atoms with Crippen LogP contribution >= 0.6 is 0 Å². The van der Waals surface area contributed by atoms with Crippen LogP contribution in [0.15, 0.2) is 0 Å². The van der Waals surface area contributed by atoms with Crippen LogP contribution in [0.25, 0.3) is 0 Å². The molecule has 3 nitrogen and oxygen atoms in total. The first kappa shape index (κ1) is 8.97. The lowest BCUT2D eigenvalue weighted by Crippen LogP contribution is -2.40. The maximum absolute atomic E-state index is 3.45. The van der Waals surface area contributed by atoms with Gasteiger partial charge in [0, 0.05) is 32.2 Å². The molecule has 0 saturated carbocycles. The minimum atomic E-state index is 0.655. The van der Waals surface area contributed by atoms with Gasteiger partial charge in [-0.2, -0.15) is 0 Å². The van der Waals surface area contributed by atoms with Crippen LogP contribution in [0, 0.1) is 0 Å². The van der Waals surface area contributed by atoms with Gasteiger partial charge in [-0.15, -0.1) is 0 Å². The van der Waals surface area contributed by atoms with Crippen molar-refractivity contribution in [1.82, 2.24) is 16.0 Å². The van der Waals surface area contributed by atoms with E-state index in [9.17, 15) is 0 Å². The number of hydrogen-bond acceptors (Lipinski definition) is 3. The van der Waals surface area contributed by atoms with Crippen molar-refractivity contribution in [2.24, 2.45) is 0 Å². The molecule has 66 valence electrons. The highest BCUT2D eigenvalue weighted by molar-refractivity contribution is 4.65. The number of nitrogens with one attached hydrogen (secondary N) is 3. The standard InChI is InChI=1S/C8H19N3/c1-8-2-3-9-4-5-10-6-7-11-8/h8-11H,2-7H2,1H3/t8-/m0/s1. The Balaban J connectivity index is 2.12. The second kappa shape index (κ2) is 5.52. The molecule has 0 unspecified atom stereocenters. The molecule has 1 aliphatic heterocycles. The summed E-state index contributed by atoms with van der Waals surface area (Å²) in [5.41, 5.74) is 0. The zero-order chi connectivity index (χ0) is 7.94. The maximum Gasteiger partial charge on any atom is 0.00792 e. The van der Waals surface area contributed by atoms with Crippen LogP contribution in [-0.2, 0) is 0 Å². The van der Waals surface area contributed by atoms with Crippen LogP contribution in [0.3, 0.4) is 0 Å². The van der Waals surface area contributed by atoms with Crippen molar-refractivity contribution in [3.05, 3.63) is 0 Å². The highest BCUT2D eigenvalue weighted by Gasteiger charge is 2.01. The lowest BCUT2D eigenvalue weighted by molar-refractivity contribution is 0.462. The molecular formula is C8H19N3. The van der Waals surface area contributed by atoms with Crippen molar-refractivity contribution in [3.63, 3.8) is 0 Å². The first-order valence-electron chi connectivity index (χ1n) is 4.54. The van der Waals surface area contributed by atoms with Crippen LogP contribution in [0.1, 0.15) is 13.3 Å². The fraction of sp³-hybridized carbons (Fsp3) is 1.00. The van der Waals surface area contributed by atoms with Gasteiger partial charge in [0.15, 0.2) is 0 Å². The molecule has 1 saturated heterocycles. The van der Waals surface area contributed by atoms with Gasteiger partial charge in [0.1, 0.15) is 0 Å². The van der Waals surface area contributed by atoms with Gasteiger partial charge in [-0.25, -0.2) is 0 Å². The average Bonchev–Trinajstić information content (AvgIpc) is 2.03. The Labute approximate surface area is 68.9 Å². The molecule has 0 radical (unpaired) electrons. The zero-order valence-electron chi connectivity index (χ0n) is 7.32. The van der Waals surface area contributed by atoms with Crippen molar-refractivity contribution < 1.29 is 0 Å². The summed E-state index contributed by atoms with van der Waals surface area (Å²) in [5.74, 6) is 0. The zero-order valence-corrected chi connectivity index (χ0v) is 7.32. The summed E-state index contributed by atoms with van der Waals surface area (Å²) < 4.78 is 0. The Morgan fingerprint density at radius 3 is 2.36 bits per heavy atom. The molecular weight excluding hydrogens is 138 g/mol. The van der Waals surface area contributed by atoms with Crippen LogP contribution in [-0.4, -0.2) is 38.8 Å². The van der Waals surface area contributed by atoms with Crippen molar-refractivity contribution in [2.45, 2.75) is 19.4 Å². The molecule has 0 aromatic rings. The van der Waals surface area contributed by atoms with Crippen molar-refractivity contribution >= 4 is 0 Å². The molecule has 0 aliphatic carbocycles. The second-order valence-corrected chi connectivity index (χ2v) is 3.14. The summed E-state index contributed by atoms with van der Waals surface area (Å²) in [6.45, 7) is 7.76. The lowest BCUT2D eigenvalue weighted by atomic mass is 10.2. The van der Waals surface area contributed by atoms with Gasteiger partial charge >= 0.3 is 0 Å². The monoisotopic (exact) mass is 157 g/mol. The fourth-order valence-electron chi connectivity index (χ4n) is 1.25. The molecule has 11 heavy (non-hydrogen) atoms. The summed E-state index contributed by atoms with van der Waals surface area (Å²) in [6, 6.07) is 0.655. The molecule has 3 heteroatoms. The van der Waals surface area contributed by atoms with E-state index in [2.05, 4.69) is 22.9 Å². The minimum absolute atomic E-state index is 0.655. The summed E-state index contributed by atoms with van der Waals surface area (Å²) in [5, 5.41) is 10.2. The van der Waals surface area contributed by atoms with E-state index >= 15 is 0 Å². The predicted octanol–water partition coefficient (Wildman–Crippen LogP) is -0.453. The molecule has 0 bridgehead atoms. The largest absolute Gasteiger partial charge is 0.315 e. The van der Waals surface area contributed by atoms with E-state index in [1.165, 1.54) is 6.42 Å². The van der Waals surface area contributed by atoms with Crippen LogP contribution in [0.5, 0.6) is 0 Å². The SMILES string of the molecule is C[C@H]1CCNCCNCCN1. The second-order valence-electron chi connectivity index (χ2n) is 3.14. The Morgan fingerprint density at radius 2 is 1.55 bits per heavy atom. The maximum atomic E-state index is 3.45. The Morgan fingerprint density at radius 1 is 0.909 bits per heavy atom. The third kappa shape index (κ3) is 4.35. The molecule has 0 spiro atoms. The van der Waals surface area contributed by atoms with Gasteiger partial charge in [-0.1, -0.05) is 0 Å². The van der Waals surface area contributed by atoms with Crippen LogP contribution in [0.2, 0.25) is 0 Å². The van der Waals surface area contributed by atoms with Gasteiger partial charge in [-0.05, 0) is 19.9 Å². The van der Waals surface area contributed by atoms with Crippen molar-refractivity contribution in [3.8, 4) is 0 Å². The third-order valence-corrected chi connectivity index (χ3v) is 2.03. The van der Waals surface area contributed by atoms with E-state index in [1.807, 2.05) is 0 Å². The van der Waals surface area contributed by atoms with Crippen molar-refractivity contribution in [2.75, 3.05) is 32.7 Å². The normalized spacial score (nSPS) is 29.7. The predicted molar refractivity (Wildman–Crippen MR) is 47.8 cm³/mol. The lowest BCUT2D eigenvalue weighted by Gasteiger charge is -2.16. The van der Waals surface area contributed by atoms with Gasteiger partial charge in [0.25, 0.3) is 0 Å².